The quantitative estimate of drug-likeness (QED) is 0.310. The van der Waals surface area contributed by atoms with Gasteiger partial charge in [-0.25, -0.2) is 0 Å². The predicted molar refractivity (Wildman–Crippen MR) is 144 cm³/mol. The van der Waals surface area contributed by atoms with Crippen LogP contribution in [0, 0.1) is 26.7 Å². The van der Waals surface area contributed by atoms with Crippen molar-refractivity contribution < 1.29 is 109 Å². The first-order chi connectivity index (χ1) is 19.0. The molecular formula is C26H40N4O8Y2-4. The number of carbonyl (C=O) groups is 8. The van der Waals surface area contributed by atoms with E-state index in [0.29, 0.717) is 13.1 Å². The van der Waals surface area contributed by atoms with Crippen molar-refractivity contribution in [1.29, 1.82) is 0 Å². The Labute approximate surface area is 294 Å². The van der Waals surface area contributed by atoms with Crippen molar-refractivity contribution in [3.05, 3.63) is 49.8 Å². The number of nitrogens with zero attached hydrogens (tertiary/aromatic N) is 4. The van der Waals surface area contributed by atoms with Crippen LogP contribution in [0.25, 0.3) is 10.6 Å². The van der Waals surface area contributed by atoms with Gasteiger partial charge in [0, 0.05) is 114 Å². The molecule has 222 valence electrons. The third kappa shape index (κ3) is 16.5. The van der Waals surface area contributed by atoms with Crippen LogP contribution in [-0.4, -0.2) is 70.1 Å². The molecule has 2 saturated heterocycles. The molecule has 0 aromatic heterocycles. The summed E-state index contributed by atoms with van der Waals surface area (Å²) >= 11 is 0. The minimum atomic E-state index is -0.454. The summed E-state index contributed by atoms with van der Waals surface area (Å²) in [7, 11) is 2.50. The molecule has 40 heavy (non-hydrogen) atoms. The van der Waals surface area contributed by atoms with E-state index in [1.165, 1.54) is 36.8 Å². The van der Waals surface area contributed by atoms with Crippen molar-refractivity contribution in [2.45, 2.75) is 55.3 Å². The molecule has 8 amide bonds. The van der Waals surface area contributed by atoms with Crippen molar-refractivity contribution >= 4 is 47.3 Å². The zero-order chi connectivity index (χ0) is 31.4. The zero-order valence-electron chi connectivity index (χ0n) is 27.9. The van der Waals surface area contributed by atoms with Gasteiger partial charge in [-0.2, -0.15) is 0 Å². The van der Waals surface area contributed by atoms with E-state index in [2.05, 4.69) is 10.6 Å². The Morgan fingerprint density at radius 1 is 0.750 bits per heavy atom. The molecule has 14 heteroatoms. The Kier molecular flexibility index (Phi) is 25.2. The van der Waals surface area contributed by atoms with Crippen molar-refractivity contribution in [1.82, 2.24) is 9.80 Å². The molecule has 2 unspecified atom stereocenters. The fourth-order valence-corrected chi connectivity index (χ4v) is 2.71. The molecule has 2 atom stereocenters. The number of carbonyl (C=O) groups excluding carboxylic acids is 8. The van der Waals surface area contributed by atoms with Gasteiger partial charge >= 0.3 is 0 Å². The second-order valence-electron chi connectivity index (χ2n) is 7.00. The smallest absolute Gasteiger partial charge is 0.253 e. The van der Waals surface area contributed by atoms with Gasteiger partial charge in [-0.05, 0) is 32.4 Å². The Morgan fingerprint density at radius 3 is 1.40 bits per heavy atom. The number of hydrogen-bond acceptors (Lipinski definition) is 8. The number of likely N-dealkylation sites (tertiary alicyclic amines) is 1. The summed E-state index contributed by atoms with van der Waals surface area (Å²) in [6.45, 7) is 4.44. The molecule has 4 rings (SSSR count). The van der Waals surface area contributed by atoms with Crippen LogP contribution in [0.1, 0.15) is 60.8 Å². The molecule has 2 radical (unpaired) electrons. The molecule has 0 N–H and O–H groups in total. The maximum absolute atomic E-state index is 11.2. The van der Waals surface area contributed by atoms with Crippen LogP contribution in [-0.2, 0) is 104 Å². The van der Waals surface area contributed by atoms with Crippen molar-refractivity contribution in [2.24, 2.45) is 11.8 Å². The summed E-state index contributed by atoms with van der Waals surface area (Å²) in [5, 5.41) is 6.14. The number of likely N-dealkylation sites (N-methyl/N-ethyl adjacent to an activating group) is 1. The summed E-state index contributed by atoms with van der Waals surface area (Å²) in [5.41, 5.74) is 0. The van der Waals surface area contributed by atoms with Crippen LogP contribution in [0.2, 0.25) is 0 Å². The zero-order valence-corrected chi connectivity index (χ0v) is 29.6. The Hall–Kier alpha value is -1.75. The maximum atomic E-state index is 11.2. The minimum absolute atomic E-state index is 0. The molecule has 4 aliphatic heterocycles. The van der Waals surface area contributed by atoms with Crippen LogP contribution < -0.4 is 0 Å². The largest absolute Gasteiger partial charge is 0.596 e. The first-order valence-electron chi connectivity index (χ1n) is 13.6. The van der Waals surface area contributed by atoms with Gasteiger partial charge in [0.15, 0.2) is 0 Å². The number of rotatable bonds is 2. The van der Waals surface area contributed by atoms with E-state index in [9.17, 15) is 38.4 Å². The molecule has 0 bridgehead atoms. The molecule has 12 nitrogen and oxygen atoms in total. The van der Waals surface area contributed by atoms with Crippen LogP contribution in [0.4, 0.5) is 0 Å². The third-order valence-electron chi connectivity index (χ3n) is 4.46. The van der Waals surface area contributed by atoms with E-state index < -0.39 is 23.6 Å². The van der Waals surface area contributed by atoms with E-state index in [1.807, 2.05) is 0 Å². The summed E-state index contributed by atoms with van der Waals surface area (Å²) < 4.78 is 25.3. The molecule has 0 spiro atoms. The monoisotopic (exact) mass is 718 g/mol. The van der Waals surface area contributed by atoms with E-state index >= 15 is 0 Å². The van der Waals surface area contributed by atoms with Gasteiger partial charge < -0.3 is 44.7 Å². The molecule has 0 aliphatic carbocycles. The molecule has 0 saturated carbocycles. The average molecular weight is 718 g/mol. The topological polar surface area (TPSA) is 171 Å². The Bertz CT molecular complexity index is 983. The van der Waals surface area contributed by atoms with Crippen molar-refractivity contribution in [3.8, 4) is 0 Å². The van der Waals surface area contributed by atoms with E-state index in [-0.39, 0.29) is 142 Å². The first-order valence-corrected chi connectivity index (χ1v) is 10.2. The fraction of sp³-hybridized carbons (Fsp3) is 0.462. The molecule has 0 aromatic rings. The molecule has 2 fully saturated rings. The fourth-order valence-electron chi connectivity index (χ4n) is 2.71. The SMILES string of the molecule is CCN1C(=O)C=CC1=O.O=C1C=CC(=O)[N-]1.[2H]C.[2H]C.[2H]CC1CC(=O)N(CC)C1=O.[2H]CC1CC(=O)[N-]C1=O.[CH3-].[CH3-].[Y].[Y]. The standard InChI is InChI=1S/C7H11NO2.C6H7NO2.C5H7NO2.C4H3NO2.2CH4.2CH3.2Y/c1-3-8-6(9)4-5(2)7(8)10;1-2-7-5(8)3-4-6(7)9;1-3-2-4(7)6-5(3)8;6-3-1-2-4(7)5-3;;;;;;/h5H,3-4H2,1-2H3;3-4H,2H2,1H3;3H,2H2,1H3,(H,6,7,8);1-2H,(H,5,6,7);2*1H4;2*1H3;;/q;;;;;;2*-1;;/p-2/i2D;;1D;;2*1D;;;;. The third-order valence-corrected chi connectivity index (χ3v) is 4.46. The molecule has 4 aliphatic rings. The second-order valence-corrected chi connectivity index (χ2v) is 7.00. The Balaban J connectivity index is -0.000000103. The minimum Gasteiger partial charge on any atom is -0.596 e. The average Bonchev–Trinajstić information content (AvgIpc) is 3.67. The van der Waals surface area contributed by atoms with Crippen molar-refractivity contribution in [3.63, 3.8) is 0 Å². The normalized spacial score (nSPS) is 20.3. The van der Waals surface area contributed by atoms with Crippen LogP contribution in [0.3, 0.4) is 0 Å². The van der Waals surface area contributed by atoms with E-state index in [1.54, 1.807) is 13.8 Å². The number of imide groups is 4. The maximum Gasteiger partial charge on any atom is 0.253 e. The van der Waals surface area contributed by atoms with Gasteiger partial charge in [0.1, 0.15) is 0 Å². The van der Waals surface area contributed by atoms with Gasteiger partial charge in [-0.1, -0.05) is 28.6 Å². The molecule has 4 heterocycles. The molecule has 0 aromatic carbocycles. The van der Waals surface area contributed by atoms with Crippen LogP contribution >= 0.6 is 0 Å². The van der Waals surface area contributed by atoms with Crippen LogP contribution in [0.15, 0.2) is 24.3 Å². The van der Waals surface area contributed by atoms with Gasteiger partial charge in [0.05, 0.1) is 23.6 Å². The second kappa shape index (κ2) is 25.0. The summed E-state index contributed by atoms with van der Waals surface area (Å²) in [5.74, 6) is -3.24. The van der Waals surface area contributed by atoms with Gasteiger partial charge in [-0.15, -0.1) is 0 Å². The van der Waals surface area contributed by atoms with Gasteiger partial charge in [-0.3, -0.25) is 29.0 Å². The van der Waals surface area contributed by atoms with Gasteiger partial charge in [0.25, 0.3) is 11.8 Å². The van der Waals surface area contributed by atoms with Gasteiger partial charge in [0.2, 0.25) is 11.8 Å². The molecular weight excluding hydrogens is 674 g/mol. The van der Waals surface area contributed by atoms with Crippen molar-refractivity contribution in [2.75, 3.05) is 13.1 Å². The predicted octanol–water partition coefficient (Wildman–Crippen LogP) is 2.94. The first kappa shape index (κ1) is 40.4. The van der Waals surface area contributed by atoms with E-state index in [4.69, 9.17) is 5.48 Å². The number of hydrogen-bond donors (Lipinski definition) is 0. The Morgan fingerprint density at radius 2 is 1.20 bits per heavy atom. The summed E-state index contributed by atoms with van der Waals surface area (Å²) in [6, 6.07) is 0. The van der Waals surface area contributed by atoms with E-state index in [0.717, 1.165) is 12.2 Å². The van der Waals surface area contributed by atoms with Crippen LogP contribution in [0.5, 0.6) is 0 Å². The summed E-state index contributed by atoms with van der Waals surface area (Å²) in [4.78, 5) is 86.7. The number of amides is 8. The summed E-state index contributed by atoms with van der Waals surface area (Å²) in [6.07, 6.45) is 5.22.